The molecule has 0 bridgehead atoms. The molecule has 0 aliphatic carbocycles. The van der Waals surface area contributed by atoms with Gasteiger partial charge in [-0.3, -0.25) is 9.89 Å². The van der Waals surface area contributed by atoms with E-state index in [9.17, 15) is 0 Å². The van der Waals surface area contributed by atoms with Crippen molar-refractivity contribution in [2.75, 3.05) is 53.4 Å². The first-order valence-corrected chi connectivity index (χ1v) is 8.69. The minimum absolute atomic E-state index is 0.290. The van der Waals surface area contributed by atoms with Crippen LogP contribution in [0.25, 0.3) is 0 Å². The number of rotatable bonds is 5. The topological polar surface area (TPSA) is 42.9 Å². The zero-order chi connectivity index (χ0) is 15.8. The van der Waals surface area contributed by atoms with E-state index >= 15 is 0 Å². The Morgan fingerprint density at radius 1 is 1.14 bits per heavy atom. The Hall–Kier alpha value is -1.07. The Labute approximate surface area is 135 Å². The van der Waals surface area contributed by atoms with Crippen LogP contribution in [0.4, 0.5) is 0 Å². The molecular weight excluding hydrogens is 274 g/mol. The van der Waals surface area contributed by atoms with Gasteiger partial charge < -0.3 is 15.5 Å². The van der Waals surface area contributed by atoms with Crippen LogP contribution >= 0.6 is 0 Å². The standard InChI is InChI=1S/C17H33N5/c1-4-10-19-16(18-2)20-15-17(8-13-21(3)14-9-17)22-11-6-5-7-12-22/h4H,1,5-15H2,2-3H3,(H2,18,19,20). The van der Waals surface area contributed by atoms with Crippen molar-refractivity contribution < 1.29 is 0 Å². The van der Waals surface area contributed by atoms with Crippen LogP contribution in [-0.2, 0) is 0 Å². The number of hydrogen-bond donors (Lipinski definition) is 2. The van der Waals surface area contributed by atoms with Crippen molar-refractivity contribution in [1.29, 1.82) is 0 Å². The molecule has 2 N–H and O–H groups in total. The Morgan fingerprint density at radius 3 is 2.41 bits per heavy atom. The van der Waals surface area contributed by atoms with Crippen molar-refractivity contribution in [3.05, 3.63) is 12.7 Å². The third-order valence-corrected chi connectivity index (χ3v) is 5.17. The molecule has 2 aliphatic rings. The lowest BCUT2D eigenvalue weighted by Crippen LogP contribution is -2.62. The van der Waals surface area contributed by atoms with E-state index in [1.807, 2.05) is 13.1 Å². The van der Waals surface area contributed by atoms with E-state index in [4.69, 9.17) is 0 Å². The third-order valence-electron chi connectivity index (χ3n) is 5.17. The van der Waals surface area contributed by atoms with Gasteiger partial charge in [0.2, 0.25) is 0 Å². The second-order valence-corrected chi connectivity index (χ2v) is 6.67. The third kappa shape index (κ3) is 4.46. The fourth-order valence-corrected chi connectivity index (χ4v) is 3.65. The lowest BCUT2D eigenvalue weighted by molar-refractivity contribution is 0.0173. The molecule has 126 valence electrons. The van der Waals surface area contributed by atoms with Crippen molar-refractivity contribution in [3.63, 3.8) is 0 Å². The second kappa shape index (κ2) is 8.53. The number of hydrogen-bond acceptors (Lipinski definition) is 3. The number of piperidine rings is 2. The normalized spacial score (nSPS) is 24.0. The molecule has 0 aromatic rings. The van der Waals surface area contributed by atoms with E-state index in [2.05, 4.69) is 39.1 Å². The van der Waals surface area contributed by atoms with Crippen molar-refractivity contribution in [2.24, 2.45) is 4.99 Å². The molecule has 0 unspecified atom stereocenters. The summed E-state index contributed by atoms with van der Waals surface area (Å²) in [7, 11) is 4.07. The van der Waals surface area contributed by atoms with Crippen LogP contribution in [0.1, 0.15) is 32.1 Å². The van der Waals surface area contributed by atoms with Crippen molar-refractivity contribution in [1.82, 2.24) is 20.4 Å². The molecule has 0 saturated carbocycles. The van der Waals surface area contributed by atoms with E-state index in [1.54, 1.807) is 0 Å². The minimum atomic E-state index is 0.290. The summed E-state index contributed by atoms with van der Waals surface area (Å²) < 4.78 is 0. The zero-order valence-corrected chi connectivity index (χ0v) is 14.4. The molecule has 2 saturated heterocycles. The summed E-state index contributed by atoms with van der Waals surface area (Å²) in [5.41, 5.74) is 0.290. The van der Waals surface area contributed by atoms with E-state index in [0.29, 0.717) is 5.54 Å². The highest BCUT2D eigenvalue weighted by Crippen LogP contribution is 2.30. The largest absolute Gasteiger partial charge is 0.355 e. The summed E-state index contributed by atoms with van der Waals surface area (Å²) in [4.78, 5) is 9.52. The maximum Gasteiger partial charge on any atom is 0.191 e. The van der Waals surface area contributed by atoms with Crippen LogP contribution < -0.4 is 10.6 Å². The van der Waals surface area contributed by atoms with Gasteiger partial charge >= 0.3 is 0 Å². The monoisotopic (exact) mass is 307 g/mol. The maximum absolute atomic E-state index is 4.32. The predicted molar refractivity (Wildman–Crippen MR) is 94.4 cm³/mol. The number of nitrogens with one attached hydrogen (secondary N) is 2. The van der Waals surface area contributed by atoms with Crippen LogP contribution in [0.3, 0.4) is 0 Å². The number of guanidine groups is 1. The number of aliphatic imine (C=N–C) groups is 1. The molecule has 5 nitrogen and oxygen atoms in total. The van der Waals surface area contributed by atoms with Gasteiger partial charge in [0.25, 0.3) is 0 Å². The van der Waals surface area contributed by atoms with Crippen LogP contribution in [-0.4, -0.2) is 74.7 Å². The summed E-state index contributed by atoms with van der Waals surface area (Å²) in [5, 5.41) is 6.84. The highest BCUT2D eigenvalue weighted by molar-refractivity contribution is 5.79. The Kier molecular flexibility index (Phi) is 6.70. The quantitative estimate of drug-likeness (QED) is 0.456. The van der Waals surface area contributed by atoms with Gasteiger partial charge in [-0.25, -0.2) is 0 Å². The Balaban J connectivity index is 1.99. The van der Waals surface area contributed by atoms with Crippen LogP contribution in [0.2, 0.25) is 0 Å². The molecule has 0 radical (unpaired) electrons. The summed E-state index contributed by atoms with van der Waals surface area (Å²) in [5.74, 6) is 0.884. The van der Waals surface area contributed by atoms with E-state index in [0.717, 1.165) is 19.0 Å². The predicted octanol–water partition coefficient (Wildman–Crippen LogP) is 1.29. The molecule has 0 aromatic carbocycles. The fourth-order valence-electron chi connectivity index (χ4n) is 3.65. The summed E-state index contributed by atoms with van der Waals surface area (Å²) in [6, 6.07) is 0. The first kappa shape index (κ1) is 17.3. The molecule has 2 aliphatic heterocycles. The van der Waals surface area contributed by atoms with Gasteiger partial charge in [0.15, 0.2) is 5.96 Å². The van der Waals surface area contributed by atoms with Gasteiger partial charge in [-0.15, -0.1) is 6.58 Å². The molecule has 0 aromatic heterocycles. The maximum atomic E-state index is 4.32. The zero-order valence-electron chi connectivity index (χ0n) is 14.4. The van der Waals surface area contributed by atoms with Crippen molar-refractivity contribution >= 4 is 5.96 Å². The lowest BCUT2D eigenvalue weighted by atomic mass is 9.84. The summed E-state index contributed by atoms with van der Waals surface area (Å²) >= 11 is 0. The van der Waals surface area contributed by atoms with E-state index in [1.165, 1.54) is 58.3 Å². The summed E-state index contributed by atoms with van der Waals surface area (Å²) in [6.07, 6.45) is 8.44. The highest BCUT2D eigenvalue weighted by atomic mass is 15.3. The molecular formula is C17H33N5. The molecule has 0 atom stereocenters. The van der Waals surface area contributed by atoms with Crippen molar-refractivity contribution in [2.45, 2.75) is 37.6 Å². The van der Waals surface area contributed by atoms with Gasteiger partial charge in [0.05, 0.1) is 0 Å². The molecule has 22 heavy (non-hydrogen) atoms. The van der Waals surface area contributed by atoms with Gasteiger partial charge in [-0.2, -0.15) is 0 Å². The average molecular weight is 307 g/mol. The average Bonchev–Trinajstić information content (AvgIpc) is 2.58. The van der Waals surface area contributed by atoms with Crippen LogP contribution in [0.15, 0.2) is 17.6 Å². The first-order chi connectivity index (χ1) is 10.7. The van der Waals surface area contributed by atoms with Gasteiger partial charge in [-0.05, 0) is 58.9 Å². The lowest BCUT2D eigenvalue weighted by Gasteiger charge is -2.50. The Bertz CT molecular complexity index is 365. The molecule has 2 heterocycles. The first-order valence-electron chi connectivity index (χ1n) is 8.69. The fraction of sp³-hybridized carbons (Fsp3) is 0.824. The summed E-state index contributed by atoms with van der Waals surface area (Å²) in [6.45, 7) is 10.4. The molecule has 2 rings (SSSR count). The van der Waals surface area contributed by atoms with Gasteiger partial charge in [0.1, 0.15) is 0 Å². The van der Waals surface area contributed by atoms with Crippen LogP contribution in [0, 0.1) is 0 Å². The SMILES string of the molecule is C=CCNC(=NC)NCC1(N2CCCCC2)CCN(C)CC1. The van der Waals surface area contributed by atoms with E-state index < -0.39 is 0 Å². The molecule has 0 amide bonds. The van der Waals surface area contributed by atoms with Gasteiger partial charge in [0, 0.05) is 25.7 Å². The van der Waals surface area contributed by atoms with Gasteiger partial charge in [-0.1, -0.05) is 12.5 Å². The molecule has 0 spiro atoms. The smallest absolute Gasteiger partial charge is 0.191 e. The minimum Gasteiger partial charge on any atom is -0.355 e. The van der Waals surface area contributed by atoms with E-state index in [-0.39, 0.29) is 0 Å². The highest BCUT2D eigenvalue weighted by Gasteiger charge is 2.39. The second-order valence-electron chi connectivity index (χ2n) is 6.67. The van der Waals surface area contributed by atoms with Crippen molar-refractivity contribution in [3.8, 4) is 0 Å². The molecule has 5 heteroatoms. The molecule has 2 fully saturated rings. The number of likely N-dealkylation sites (tertiary alicyclic amines) is 2. The number of nitrogens with zero attached hydrogens (tertiary/aromatic N) is 3. The van der Waals surface area contributed by atoms with Crippen LogP contribution in [0.5, 0.6) is 0 Å². The Morgan fingerprint density at radius 2 is 1.82 bits per heavy atom.